The Hall–Kier alpha value is -1.14. The van der Waals surface area contributed by atoms with Crippen LogP contribution in [0.4, 0.5) is 0 Å². The molecular formula is C13H23N3O3. The van der Waals surface area contributed by atoms with Crippen LogP contribution in [0.15, 0.2) is 0 Å². The van der Waals surface area contributed by atoms with Crippen molar-refractivity contribution in [2.75, 3.05) is 39.3 Å². The first-order valence-electron chi connectivity index (χ1n) is 7.11. The number of carboxylic acids is 1. The Morgan fingerprint density at radius 1 is 1.26 bits per heavy atom. The summed E-state index contributed by atoms with van der Waals surface area (Å²) >= 11 is 0. The molecular weight excluding hydrogens is 246 g/mol. The highest BCUT2D eigenvalue weighted by Crippen LogP contribution is 2.27. The van der Waals surface area contributed by atoms with E-state index in [-0.39, 0.29) is 18.4 Å². The average Bonchev–Trinajstić information content (AvgIpc) is 3.16. The van der Waals surface area contributed by atoms with Gasteiger partial charge in [0.05, 0.1) is 13.0 Å². The van der Waals surface area contributed by atoms with Gasteiger partial charge in [0.1, 0.15) is 0 Å². The van der Waals surface area contributed by atoms with E-state index in [1.165, 1.54) is 0 Å². The zero-order valence-corrected chi connectivity index (χ0v) is 11.3. The number of nitrogens with one attached hydrogen (secondary N) is 1. The van der Waals surface area contributed by atoms with Crippen molar-refractivity contribution < 1.29 is 14.7 Å². The van der Waals surface area contributed by atoms with Gasteiger partial charge in [-0.05, 0) is 32.4 Å². The normalized spacial score (nSPS) is 20.8. The Balaban J connectivity index is 1.82. The number of nitrogens with zero attached hydrogens (tertiary/aromatic N) is 2. The summed E-state index contributed by atoms with van der Waals surface area (Å²) in [5.41, 5.74) is 0. The summed E-state index contributed by atoms with van der Waals surface area (Å²) in [5.74, 6) is -0.747. The molecule has 0 aromatic heterocycles. The summed E-state index contributed by atoms with van der Waals surface area (Å²) < 4.78 is 0. The molecule has 2 N–H and O–H groups in total. The molecule has 19 heavy (non-hydrogen) atoms. The maximum absolute atomic E-state index is 12.3. The van der Waals surface area contributed by atoms with E-state index in [9.17, 15) is 9.59 Å². The molecule has 0 aromatic rings. The number of carbonyl (C=O) groups is 2. The fourth-order valence-corrected chi connectivity index (χ4v) is 2.46. The van der Waals surface area contributed by atoms with Crippen LogP contribution in [0, 0.1) is 0 Å². The molecule has 1 saturated carbocycles. The number of hydrogen-bond donors (Lipinski definition) is 2. The van der Waals surface area contributed by atoms with Crippen molar-refractivity contribution in [2.45, 2.75) is 31.7 Å². The molecule has 0 radical (unpaired) electrons. The molecule has 0 bridgehead atoms. The number of carbonyl (C=O) groups excluding carboxylic acids is 1. The van der Waals surface area contributed by atoms with Gasteiger partial charge >= 0.3 is 5.97 Å². The molecule has 1 aliphatic carbocycles. The third-order valence-corrected chi connectivity index (χ3v) is 3.67. The minimum atomic E-state index is -0.836. The molecule has 0 atom stereocenters. The van der Waals surface area contributed by atoms with Crippen molar-refractivity contribution in [2.24, 2.45) is 0 Å². The van der Waals surface area contributed by atoms with E-state index in [4.69, 9.17) is 5.11 Å². The molecule has 6 heteroatoms. The fourth-order valence-electron chi connectivity index (χ4n) is 2.46. The highest BCUT2D eigenvalue weighted by atomic mass is 16.4. The molecule has 2 aliphatic rings. The highest BCUT2D eigenvalue weighted by Gasteiger charge is 2.33. The third kappa shape index (κ3) is 4.80. The molecule has 1 amide bonds. The number of aliphatic carboxylic acids is 1. The molecule has 108 valence electrons. The quantitative estimate of drug-likeness (QED) is 0.695. The van der Waals surface area contributed by atoms with Crippen molar-refractivity contribution in [3.8, 4) is 0 Å². The summed E-state index contributed by atoms with van der Waals surface area (Å²) in [6, 6.07) is 0.289. The second-order valence-electron chi connectivity index (χ2n) is 5.34. The Morgan fingerprint density at radius 3 is 2.74 bits per heavy atom. The second-order valence-corrected chi connectivity index (χ2v) is 5.34. The van der Waals surface area contributed by atoms with E-state index in [1.807, 2.05) is 0 Å². The molecule has 2 fully saturated rings. The van der Waals surface area contributed by atoms with Crippen molar-refractivity contribution in [1.29, 1.82) is 0 Å². The lowest BCUT2D eigenvalue weighted by Gasteiger charge is -2.26. The highest BCUT2D eigenvalue weighted by molar-refractivity contribution is 5.79. The second kappa shape index (κ2) is 6.86. The van der Waals surface area contributed by atoms with Crippen molar-refractivity contribution >= 4 is 11.9 Å². The third-order valence-electron chi connectivity index (χ3n) is 3.67. The number of amides is 1. The van der Waals surface area contributed by atoms with Crippen LogP contribution in [0.3, 0.4) is 0 Å². The van der Waals surface area contributed by atoms with E-state index >= 15 is 0 Å². The van der Waals surface area contributed by atoms with Crippen LogP contribution in [0.1, 0.15) is 25.7 Å². The van der Waals surface area contributed by atoms with E-state index in [0.29, 0.717) is 13.1 Å². The van der Waals surface area contributed by atoms with Gasteiger partial charge in [-0.15, -0.1) is 0 Å². The van der Waals surface area contributed by atoms with Crippen molar-refractivity contribution in [3.63, 3.8) is 0 Å². The molecule has 1 saturated heterocycles. The van der Waals surface area contributed by atoms with Crippen LogP contribution in [-0.4, -0.2) is 72.1 Å². The van der Waals surface area contributed by atoms with Crippen LogP contribution in [0.25, 0.3) is 0 Å². The maximum atomic E-state index is 12.3. The standard InChI is InChI=1S/C13H23N3O3/c17-12(10-15-7-1-5-14-6-9-15)16(11-2-3-11)8-4-13(18)19/h11,14H,1-10H2,(H,18,19). The molecule has 2 rings (SSSR count). The predicted octanol–water partition coefficient (Wildman–Crippen LogP) is -0.253. The molecule has 1 aliphatic heterocycles. The monoisotopic (exact) mass is 269 g/mol. The first kappa shape index (κ1) is 14.3. The molecule has 6 nitrogen and oxygen atoms in total. The van der Waals surface area contributed by atoms with Gasteiger partial charge in [-0.2, -0.15) is 0 Å². The Kier molecular flexibility index (Phi) is 5.15. The molecule has 0 unspecified atom stereocenters. The van der Waals surface area contributed by atoms with Crippen LogP contribution in [-0.2, 0) is 9.59 Å². The zero-order chi connectivity index (χ0) is 13.7. The van der Waals surface area contributed by atoms with Gasteiger partial charge in [0.25, 0.3) is 0 Å². The van der Waals surface area contributed by atoms with Crippen LogP contribution < -0.4 is 5.32 Å². The van der Waals surface area contributed by atoms with Gasteiger partial charge in [0.15, 0.2) is 0 Å². The average molecular weight is 269 g/mol. The lowest BCUT2D eigenvalue weighted by Crippen LogP contribution is -2.43. The van der Waals surface area contributed by atoms with Gasteiger partial charge < -0.3 is 15.3 Å². The van der Waals surface area contributed by atoms with Crippen LogP contribution >= 0.6 is 0 Å². The summed E-state index contributed by atoms with van der Waals surface area (Å²) in [4.78, 5) is 26.9. The van der Waals surface area contributed by atoms with Gasteiger partial charge in [-0.1, -0.05) is 0 Å². The first-order valence-corrected chi connectivity index (χ1v) is 7.11. The first-order chi connectivity index (χ1) is 9.16. The Labute approximate surface area is 113 Å². The maximum Gasteiger partial charge on any atom is 0.305 e. The topological polar surface area (TPSA) is 72.9 Å². The van der Waals surface area contributed by atoms with Crippen LogP contribution in [0.2, 0.25) is 0 Å². The smallest absolute Gasteiger partial charge is 0.305 e. The molecule has 0 spiro atoms. The van der Waals surface area contributed by atoms with Gasteiger partial charge in [0.2, 0.25) is 5.91 Å². The van der Waals surface area contributed by atoms with E-state index < -0.39 is 5.97 Å². The largest absolute Gasteiger partial charge is 0.481 e. The van der Waals surface area contributed by atoms with E-state index in [0.717, 1.165) is 45.4 Å². The summed E-state index contributed by atoms with van der Waals surface area (Å²) in [5, 5.41) is 12.1. The van der Waals surface area contributed by atoms with Crippen molar-refractivity contribution in [1.82, 2.24) is 15.1 Å². The minimum Gasteiger partial charge on any atom is -0.481 e. The number of carboxylic acid groups (broad SMARTS) is 1. The van der Waals surface area contributed by atoms with Gasteiger partial charge in [0, 0.05) is 25.7 Å². The fraction of sp³-hybridized carbons (Fsp3) is 0.846. The lowest BCUT2D eigenvalue weighted by molar-refractivity contribution is -0.139. The number of hydrogen-bond acceptors (Lipinski definition) is 4. The Bertz CT molecular complexity index is 323. The number of rotatable bonds is 6. The Morgan fingerprint density at radius 2 is 2.05 bits per heavy atom. The zero-order valence-electron chi connectivity index (χ0n) is 11.3. The molecule has 0 aromatic carbocycles. The lowest BCUT2D eigenvalue weighted by atomic mass is 10.3. The SMILES string of the molecule is O=C(O)CCN(C(=O)CN1CCCNCC1)C1CC1. The van der Waals surface area contributed by atoms with E-state index in [2.05, 4.69) is 10.2 Å². The van der Waals surface area contributed by atoms with Crippen LogP contribution in [0.5, 0.6) is 0 Å². The summed E-state index contributed by atoms with van der Waals surface area (Å²) in [6.07, 6.45) is 3.15. The minimum absolute atomic E-state index is 0.0454. The van der Waals surface area contributed by atoms with Crippen molar-refractivity contribution in [3.05, 3.63) is 0 Å². The predicted molar refractivity (Wildman–Crippen MR) is 70.9 cm³/mol. The van der Waals surface area contributed by atoms with Gasteiger partial charge in [-0.3, -0.25) is 14.5 Å². The summed E-state index contributed by atoms with van der Waals surface area (Å²) in [6.45, 7) is 4.55. The summed E-state index contributed by atoms with van der Waals surface area (Å²) in [7, 11) is 0. The molecule has 1 heterocycles. The van der Waals surface area contributed by atoms with Gasteiger partial charge in [-0.25, -0.2) is 0 Å². The van der Waals surface area contributed by atoms with E-state index in [1.54, 1.807) is 4.90 Å².